The number of hydrogen-bond acceptors (Lipinski definition) is 11. The molecule has 3 N–H and O–H groups in total. The molecule has 0 aliphatic carbocycles. The highest BCUT2D eigenvalue weighted by molar-refractivity contribution is 6.15. The SMILES string of the molecule is CNC(=O)CCCCC(=O)CCC(=O)NCC(=O)CCC(=O)Nc1cc(COc2cc3c(cc2C)C(=O)N2c4ccccc4C[C@H]2C=N3)cc(COc2cc3c(cc2OC)C(=O)N2c4ccccc4C[C@H]2CC3)c1. The summed E-state index contributed by atoms with van der Waals surface area (Å²) in [6.45, 7) is 1.73. The number of rotatable bonds is 21. The second-order valence-corrected chi connectivity index (χ2v) is 19.2. The van der Waals surface area contributed by atoms with Crippen molar-refractivity contribution in [2.75, 3.05) is 35.8 Å². The number of fused-ring (bicyclic) bond motifs is 8. The molecule has 5 aromatic carbocycles. The highest BCUT2D eigenvalue weighted by Crippen LogP contribution is 2.42. The number of ether oxygens (including phenoxy) is 3. The molecule has 4 heterocycles. The van der Waals surface area contributed by atoms with E-state index in [-0.39, 0.29) is 93.2 Å². The topological polar surface area (TPSA) is 202 Å². The summed E-state index contributed by atoms with van der Waals surface area (Å²) < 4.78 is 18.7. The van der Waals surface area contributed by atoms with E-state index in [1.807, 2.05) is 78.7 Å². The molecule has 0 bridgehead atoms. The van der Waals surface area contributed by atoms with E-state index < -0.39 is 11.8 Å². The third kappa shape index (κ3) is 11.5. The van der Waals surface area contributed by atoms with Gasteiger partial charge in [0.15, 0.2) is 17.3 Å². The zero-order valence-electron chi connectivity index (χ0n) is 41.9. The number of methoxy groups -OCH3 is 1. The number of anilines is 3. The third-order valence-electron chi connectivity index (χ3n) is 14.1. The first-order chi connectivity index (χ1) is 35.8. The molecule has 0 unspecified atom stereocenters. The molecule has 74 heavy (non-hydrogen) atoms. The van der Waals surface area contributed by atoms with Crippen LogP contribution in [0.2, 0.25) is 0 Å². The minimum absolute atomic E-state index is 0.0357. The summed E-state index contributed by atoms with van der Waals surface area (Å²) in [7, 11) is 3.09. The van der Waals surface area contributed by atoms with Crippen LogP contribution in [0.5, 0.6) is 17.2 Å². The molecular weight excluding hydrogens is 941 g/mol. The first kappa shape index (κ1) is 50.8. The number of carbonyl (C=O) groups excluding carboxylic acids is 7. The van der Waals surface area contributed by atoms with Crippen LogP contribution in [0.1, 0.15) is 112 Å². The number of aryl methyl sites for hydroxylation is 2. The number of Topliss-reactive ketones (excluding diaryl/α,β-unsaturated/α-hetero) is 2. The summed E-state index contributed by atoms with van der Waals surface area (Å²) in [6, 6.07) is 28.5. The predicted molar refractivity (Wildman–Crippen MR) is 280 cm³/mol. The number of nitrogens with zero attached hydrogens (tertiary/aromatic N) is 3. The number of carbonyl (C=O) groups is 7. The van der Waals surface area contributed by atoms with Gasteiger partial charge in [0.2, 0.25) is 17.7 Å². The summed E-state index contributed by atoms with van der Waals surface area (Å²) in [5, 5.41) is 8.00. The number of nitrogens with one attached hydrogen (secondary N) is 3. The van der Waals surface area contributed by atoms with Crippen molar-refractivity contribution in [2.45, 2.75) is 109 Å². The average Bonchev–Trinajstić information content (AvgIpc) is 3.90. The zero-order chi connectivity index (χ0) is 51.9. The van der Waals surface area contributed by atoms with Gasteiger partial charge in [-0.05, 0) is 121 Å². The predicted octanol–water partition coefficient (Wildman–Crippen LogP) is 8.03. The molecule has 4 aliphatic rings. The molecule has 0 spiro atoms. The van der Waals surface area contributed by atoms with Gasteiger partial charge in [-0.1, -0.05) is 36.4 Å². The smallest absolute Gasteiger partial charge is 0.261 e. The van der Waals surface area contributed by atoms with Crippen molar-refractivity contribution in [3.63, 3.8) is 0 Å². The Balaban J connectivity index is 0.870. The Kier molecular flexibility index (Phi) is 15.6. The van der Waals surface area contributed by atoms with Crippen molar-refractivity contribution >= 4 is 70.1 Å². The third-order valence-corrected chi connectivity index (χ3v) is 14.1. The van der Waals surface area contributed by atoms with Crippen LogP contribution >= 0.6 is 0 Å². The Hall–Kier alpha value is -8.14. The fraction of sp³-hybridized carbons (Fsp3) is 0.345. The fourth-order valence-electron chi connectivity index (χ4n) is 10.2. The first-order valence-corrected chi connectivity index (χ1v) is 25.3. The summed E-state index contributed by atoms with van der Waals surface area (Å²) in [5.74, 6) is -0.196. The highest BCUT2D eigenvalue weighted by Gasteiger charge is 2.38. The van der Waals surface area contributed by atoms with E-state index in [4.69, 9.17) is 19.2 Å². The van der Waals surface area contributed by atoms with E-state index in [9.17, 15) is 33.6 Å². The molecule has 16 heteroatoms. The van der Waals surface area contributed by atoms with Crippen LogP contribution in [0, 0.1) is 6.92 Å². The van der Waals surface area contributed by atoms with Gasteiger partial charge in [-0.25, -0.2) is 0 Å². The molecular formula is C58H60N6O10. The molecule has 0 fully saturated rings. The van der Waals surface area contributed by atoms with Gasteiger partial charge < -0.3 is 35.1 Å². The highest BCUT2D eigenvalue weighted by atomic mass is 16.5. The van der Waals surface area contributed by atoms with Gasteiger partial charge in [-0.15, -0.1) is 0 Å². The van der Waals surface area contributed by atoms with Crippen LogP contribution in [0.4, 0.5) is 22.7 Å². The minimum Gasteiger partial charge on any atom is -0.493 e. The van der Waals surface area contributed by atoms with Gasteiger partial charge in [0.05, 0.1) is 30.9 Å². The maximum Gasteiger partial charge on any atom is 0.261 e. The van der Waals surface area contributed by atoms with Crippen molar-refractivity contribution in [3.8, 4) is 17.2 Å². The molecule has 0 saturated heterocycles. The normalized spacial score (nSPS) is 15.8. The van der Waals surface area contributed by atoms with E-state index in [1.165, 1.54) is 7.11 Å². The summed E-state index contributed by atoms with van der Waals surface area (Å²) in [4.78, 5) is 98.8. The number of benzene rings is 5. The number of amides is 5. The van der Waals surface area contributed by atoms with Gasteiger partial charge in [0.1, 0.15) is 24.7 Å². The lowest BCUT2D eigenvalue weighted by molar-refractivity contribution is -0.127. The molecule has 0 radical (unpaired) electrons. The second-order valence-electron chi connectivity index (χ2n) is 19.2. The van der Waals surface area contributed by atoms with E-state index in [0.717, 1.165) is 46.5 Å². The van der Waals surface area contributed by atoms with Crippen molar-refractivity contribution in [1.29, 1.82) is 0 Å². The Labute approximate surface area is 429 Å². The second kappa shape index (κ2) is 22.7. The van der Waals surface area contributed by atoms with Crippen LogP contribution in [-0.2, 0) is 56.4 Å². The van der Waals surface area contributed by atoms with E-state index in [0.29, 0.717) is 83.0 Å². The number of ketones is 2. The van der Waals surface area contributed by atoms with Gasteiger partial charge in [-0.3, -0.25) is 43.5 Å². The summed E-state index contributed by atoms with van der Waals surface area (Å²) >= 11 is 0. The molecule has 0 saturated carbocycles. The van der Waals surface area contributed by atoms with Crippen molar-refractivity contribution in [3.05, 3.63) is 136 Å². The minimum atomic E-state index is -0.437. The Morgan fingerprint density at radius 2 is 1.31 bits per heavy atom. The lowest BCUT2D eigenvalue weighted by atomic mass is 9.99. The maximum atomic E-state index is 14.1. The van der Waals surface area contributed by atoms with Gasteiger partial charge in [0, 0.05) is 92.9 Å². The van der Waals surface area contributed by atoms with Crippen LogP contribution in [0.25, 0.3) is 0 Å². The molecule has 16 nitrogen and oxygen atoms in total. The quantitative estimate of drug-likeness (QED) is 0.0605. The van der Waals surface area contributed by atoms with Gasteiger partial charge >= 0.3 is 0 Å². The van der Waals surface area contributed by atoms with Crippen LogP contribution in [-0.4, -0.2) is 80.1 Å². The summed E-state index contributed by atoms with van der Waals surface area (Å²) in [6.07, 6.45) is 6.19. The first-order valence-electron chi connectivity index (χ1n) is 25.3. The largest absolute Gasteiger partial charge is 0.493 e. The number of aliphatic imine (C=N–C) groups is 1. The monoisotopic (exact) mass is 1000 g/mol. The molecule has 0 aromatic heterocycles. The maximum absolute atomic E-state index is 14.1. The standard InChI is InChI=1S/C58H60N6O10/c1-35-22-47-48(60-31-43-27-40-11-5-8-14-50(40)64(43)58(47)71)30-51(35)73-33-36-23-37(25-41(24-36)62-56(69)21-19-45(66)32-61-55(68)20-18-44(65)12-6-9-15-54(67)59-2)34-74-53-28-38-16-17-42-26-39-10-4-7-13-49(39)63(42)57(70)46(38)29-52(53)72-3/h4-5,7-8,10-11,13-14,22-25,28-31,42-43H,6,9,12,15-21,26-27,32-34H2,1-3H3,(H,59,67)(H,61,68)(H,62,69)/t42-,43+/m1/s1. The summed E-state index contributed by atoms with van der Waals surface area (Å²) in [5.41, 5.74) is 9.06. The van der Waals surface area contributed by atoms with Gasteiger partial charge in [0.25, 0.3) is 11.8 Å². The lowest BCUT2D eigenvalue weighted by Gasteiger charge is -2.23. The van der Waals surface area contributed by atoms with Crippen molar-refractivity contribution in [2.24, 2.45) is 4.99 Å². The number of unbranched alkanes of at least 4 members (excludes halogenated alkanes) is 1. The Morgan fingerprint density at radius 3 is 2.05 bits per heavy atom. The fourth-order valence-corrected chi connectivity index (χ4v) is 10.2. The number of hydrogen-bond donors (Lipinski definition) is 3. The Morgan fingerprint density at radius 1 is 0.649 bits per heavy atom. The van der Waals surface area contributed by atoms with Crippen LogP contribution in [0.15, 0.2) is 96.0 Å². The molecule has 9 rings (SSSR count). The molecule has 5 amide bonds. The Bertz CT molecular complexity index is 3080. The lowest BCUT2D eigenvalue weighted by Crippen LogP contribution is -2.37. The van der Waals surface area contributed by atoms with Crippen LogP contribution in [0.3, 0.4) is 0 Å². The van der Waals surface area contributed by atoms with E-state index >= 15 is 0 Å². The van der Waals surface area contributed by atoms with E-state index in [1.54, 1.807) is 36.2 Å². The zero-order valence-corrected chi connectivity index (χ0v) is 41.9. The molecule has 2 atom stereocenters. The van der Waals surface area contributed by atoms with Crippen molar-refractivity contribution in [1.82, 2.24) is 10.6 Å². The van der Waals surface area contributed by atoms with E-state index in [2.05, 4.69) is 22.0 Å². The molecule has 4 aliphatic heterocycles. The van der Waals surface area contributed by atoms with Crippen LogP contribution < -0.4 is 40.0 Å². The van der Waals surface area contributed by atoms with Gasteiger partial charge in [-0.2, -0.15) is 0 Å². The van der Waals surface area contributed by atoms with Crippen molar-refractivity contribution < 1.29 is 47.8 Å². The molecule has 382 valence electrons. The molecule has 5 aromatic rings. The average molecular weight is 1000 g/mol. The number of para-hydroxylation sites is 2.